The first-order valence-electron chi connectivity index (χ1n) is 7.58. The van der Waals surface area contributed by atoms with E-state index in [0.29, 0.717) is 5.56 Å². The zero-order chi connectivity index (χ0) is 18.3. The van der Waals surface area contributed by atoms with Gasteiger partial charge < -0.3 is 5.32 Å². The fourth-order valence-corrected chi connectivity index (χ4v) is 2.88. The minimum absolute atomic E-state index is 0.0558. The number of rotatable bonds is 4. The van der Waals surface area contributed by atoms with Crippen LogP contribution in [0.3, 0.4) is 0 Å². The van der Waals surface area contributed by atoms with E-state index in [1.165, 1.54) is 12.1 Å². The third-order valence-electron chi connectivity index (χ3n) is 3.19. The van der Waals surface area contributed by atoms with E-state index in [4.69, 9.17) is 0 Å². The van der Waals surface area contributed by atoms with Crippen molar-refractivity contribution in [2.24, 2.45) is 0 Å². The van der Waals surface area contributed by atoms with Gasteiger partial charge in [-0.2, -0.15) is 13.2 Å². The molecule has 25 heavy (non-hydrogen) atoms. The molecule has 1 amide bonds. The molecule has 0 saturated carbocycles. The Balaban J connectivity index is 2.00. The summed E-state index contributed by atoms with van der Waals surface area (Å²) in [6, 6.07) is 12.0. The highest BCUT2D eigenvalue weighted by atomic mass is 32.2. The van der Waals surface area contributed by atoms with E-state index in [0.717, 1.165) is 22.8 Å². The lowest BCUT2D eigenvalue weighted by Crippen LogP contribution is -2.24. The van der Waals surface area contributed by atoms with Gasteiger partial charge in [0.15, 0.2) is 0 Å². The zero-order valence-electron chi connectivity index (χ0n) is 13.5. The maximum absolute atomic E-state index is 12.6. The standard InChI is InChI=1S/C19H16F3NOS/c1-2-25-17-11-4-3-10-16(17)18(24)23-12-6-8-14-7-5-9-15(13-14)19(20,21)22/h3-5,7,9-11,13H,2,12H2,1H3,(H,23,24). The van der Waals surface area contributed by atoms with Crippen LogP contribution >= 0.6 is 11.8 Å². The number of carbonyl (C=O) groups excluding carboxylic acids is 1. The highest BCUT2D eigenvalue weighted by molar-refractivity contribution is 7.99. The smallest absolute Gasteiger partial charge is 0.341 e. The monoisotopic (exact) mass is 363 g/mol. The molecule has 0 atom stereocenters. The van der Waals surface area contributed by atoms with Gasteiger partial charge in [-0.3, -0.25) is 4.79 Å². The van der Waals surface area contributed by atoms with Crippen LogP contribution in [-0.2, 0) is 6.18 Å². The second-order valence-electron chi connectivity index (χ2n) is 4.99. The molecule has 1 N–H and O–H groups in total. The molecule has 0 fully saturated rings. The maximum atomic E-state index is 12.6. The third-order valence-corrected chi connectivity index (χ3v) is 4.15. The SMILES string of the molecule is CCSc1ccccc1C(=O)NCC#Cc1cccc(C(F)(F)F)c1. The molecule has 0 aromatic heterocycles. The average molecular weight is 363 g/mol. The summed E-state index contributed by atoms with van der Waals surface area (Å²) in [5.41, 5.74) is 0.0788. The molecule has 2 aromatic rings. The second-order valence-corrected chi connectivity index (χ2v) is 6.30. The van der Waals surface area contributed by atoms with Crippen molar-refractivity contribution in [2.75, 3.05) is 12.3 Å². The van der Waals surface area contributed by atoms with Crippen molar-refractivity contribution in [1.29, 1.82) is 0 Å². The molecule has 2 rings (SSSR count). The van der Waals surface area contributed by atoms with Crippen LogP contribution in [0.5, 0.6) is 0 Å². The quantitative estimate of drug-likeness (QED) is 0.635. The van der Waals surface area contributed by atoms with Crippen molar-refractivity contribution in [3.8, 4) is 11.8 Å². The lowest BCUT2D eigenvalue weighted by atomic mass is 10.1. The molecule has 0 unspecified atom stereocenters. The molecule has 0 aliphatic rings. The van der Waals surface area contributed by atoms with Crippen LogP contribution in [-0.4, -0.2) is 18.2 Å². The van der Waals surface area contributed by atoms with Gasteiger partial charge in [0.25, 0.3) is 5.91 Å². The van der Waals surface area contributed by atoms with E-state index in [1.807, 2.05) is 19.1 Å². The lowest BCUT2D eigenvalue weighted by molar-refractivity contribution is -0.137. The topological polar surface area (TPSA) is 29.1 Å². The van der Waals surface area contributed by atoms with Gasteiger partial charge in [0.2, 0.25) is 0 Å². The molecule has 0 aliphatic heterocycles. The van der Waals surface area contributed by atoms with Crippen LogP contribution in [0, 0.1) is 11.8 Å². The van der Waals surface area contributed by atoms with Crippen LogP contribution < -0.4 is 5.32 Å². The van der Waals surface area contributed by atoms with E-state index >= 15 is 0 Å². The van der Waals surface area contributed by atoms with Crippen molar-refractivity contribution >= 4 is 17.7 Å². The van der Waals surface area contributed by atoms with Crippen LogP contribution in [0.2, 0.25) is 0 Å². The van der Waals surface area contributed by atoms with Crippen molar-refractivity contribution in [3.63, 3.8) is 0 Å². The van der Waals surface area contributed by atoms with E-state index in [1.54, 1.807) is 23.9 Å². The summed E-state index contributed by atoms with van der Waals surface area (Å²) < 4.78 is 37.9. The molecule has 6 heteroatoms. The summed E-state index contributed by atoms with van der Waals surface area (Å²) in [6.07, 6.45) is -4.40. The fraction of sp³-hybridized carbons (Fsp3) is 0.211. The number of benzene rings is 2. The number of amides is 1. The van der Waals surface area contributed by atoms with Gasteiger partial charge in [-0.05, 0) is 36.1 Å². The van der Waals surface area contributed by atoms with Crippen molar-refractivity contribution < 1.29 is 18.0 Å². The molecule has 0 bridgehead atoms. The average Bonchev–Trinajstić information content (AvgIpc) is 2.59. The number of carbonyl (C=O) groups is 1. The predicted octanol–water partition coefficient (Wildman–Crippen LogP) is 4.60. The summed E-state index contributed by atoms with van der Waals surface area (Å²) in [5, 5.41) is 2.66. The van der Waals surface area contributed by atoms with Crippen molar-refractivity contribution in [1.82, 2.24) is 5.32 Å². The third kappa shape index (κ3) is 5.57. The fourth-order valence-electron chi connectivity index (χ4n) is 2.07. The largest absolute Gasteiger partial charge is 0.416 e. The Hall–Kier alpha value is -2.39. The Kier molecular flexibility index (Phi) is 6.54. The molecule has 0 heterocycles. The van der Waals surface area contributed by atoms with Crippen molar-refractivity contribution in [2.45, 2.75) is 18.0 Å². The number of halogens is 3. The van der Waals surface area contributed by atoms with Gasteiger partial charge in [-0.25, -0.2) is 0 Å². The number of hydrogen-bond acceptors (Lipinski definition) is 2. The van der Waals surface area contributed by atoms with E-state index < -0.39 is 11.7 Å². The highest BCUT2D eigenvalue weighted by Gasteiger charge is 2.30. The summed E-state index contributed by atoms with van der Waals surface area (Å²) in [6.45, 7) is 2.06. The predicted molar refractivity (Wildman–Crippen MR) is 93.5 cm³/mol. The number of alkyl halides is 3. The van der Waals surface area contributed by atoms with Gasteiger partial charge in [0, 0.05) is 10.5 Å². The number of thioether (sulfide) groups is 1. The normalized spacial score (nSPS) is 10.7. The zero-order valence-corrected chi connectivity index (χ0v) is 14.3. The summed E-state index contributed by atoms with van der Waals surface area (Å²) >= 11 is 1.57. The minimum atomic E-state index is -4.40. The van der Waals surface area contributed by atoms with Gasteiger partial charge >= 0.3 is 6.18 Å². The van der Waals surface area contributed by atoms with Gasteiger partial charge in [0.1, 0.15) is 0 Å². The van der Waals surface area contributed by atoms with Crippen LogP contribution in [0.1, 0.15) is 28.4 Å². The summed E-state index contributed by atoms with van der Waals surface area (Å²) in [5.74, 6) is 5.90. The molecule has 0 saturated heterocycles. The second kappa shape index (κ2) is 8.63. The molecule has 2 nitrogen and oxygen atoms in total. The molecule has 2 aromatic carbocycles. The van der Waals surface area contributed by atoms with Crippen LogP contribution in [0.25, 0.3) is 0 Å². The molecular formula is C19H16F3NOS. The summed E-state index contributed by atoms with van der Waals surface area (Å²) in [7, 11) is 0. The summed E-state index contributed by atoms with van der Waals surface area (Å²) in [4.78, 5) is 13.1. The Morgan fingerprint density at radius 3 is 2.64 bits per heavy atom. The Morgan fingerprint density at radius 2 is 1.92 bits per heavy atom. The first-order chi connectivity index (χ1) is 11.9. The number of nitrogens with one attached hydrogen (secondary N) is 1. The van der Waals surface area contributed by atoms with Crippen LogP contribution in [0.15, 0.2) is 53.4 Å². The minimum Gasteiger partial charge on any atom is -0.341 e. The van der Waals surface area contributed by atoms with Crippen LogP contribution in [0.4, 0.5) is 13.2 Å². The lowest BCUT2D eigenvalue weighted by Gasteiger charge is -2.07. The van der Waals surface area contributed by atoms with E-state index in [9.17, 15) is 18.0 Å². The molecule has 0 aliphatic carbocycles. The first kappa shape index (κ1) is 18.9. The highest BCUT2D eigenvalue weighted by Crippen LogP contribution is 2.29. The van der Waals surface area contributed by atoms with E-state index in [-0.39, 0.29) is 18.0 Å². The Morgan fingerprint density at radius 1 is 1.16 bits per heavy atom. The Labute approximate surface area is 148 Å². The Bertz CT molecular complexity index is 806. The van der Waals surface area contributed by atoms with Crippen molar-refractivity contribution in [3.05, 3.63) is 65.2 Å². The molecule has 0 spiro atoms. The number of hydrogen-bond donors (Lipinski definition) is 1. The maximum Gasteiger partial charge on any atom is 0.416 e. The molecule has 130 valence electrons. The van der Waals surface area contributed by atoms with Gasteiger partial charge in [-0.15, -0.1) is 11.8 Å². The molecular weight excluding hydrogens is 347 g/mol. The first-order valence-corrected chi connectivity index (χ1v) is 8.56. The molecule has 0 radical (unpaired) electrons. The van der Waals surface area contributed by atoms with Gasteiger partial charge in [-0.1, -0.05) is 37.0 Å². The van der Waals surface area contributed by atoms with Gasteiger partial charge in [0.05, 0.1) is 17.7 Å². The van der Waals surface area contributed by atoms with E-state index in [2.05, 4.69) is 17.2 Å².